The average molecular weight is 292 g/mol. The molecule has 0 aliphatic heterocycles. The monoisotopic (exact) mass is 292 g/mol. The van der Waals surface area contributed by atoms with Gasteiger partial charge < -0.3 is 19.3 Å². The first-order valence-corrected chi connectivity index (χ1v) is 6.98. The second-order valence-corrected chi connectivity index (χ2v) is 5.10. The number of aryl methyl sites for hydroxylation is 1. The lowest BCUT2D eigenvalue weighted by molar-refractivity contribution is -0.120. The van der Waals surface area contributed by atoms with Gasteiger partial charge in [-0.25, -0.2) is 4.98 Å². The predicted octanol–water partition coefficient (Wildman–Crippen LogP) is 1.92. The highest BCUT2D eigenvalue weighted by Gasteiger charge is 2.16. The minimum atomic E-state index is -0.109. The van der Waals surface area contributed by atoms with Crippen LogP contribution in [0.1, 0.15) is 24.8 Å². The van der Waals surface area contributed by atoms with E-state index in [4.69, 9.17) is 13.9 Å². The van der Waals surface area contributed by atoms with Gasteiger partial charge in [0.05, 0.1) is 18.4 Å². The van der Waals surface area contributed by atoms with Crippen LogP contribution in [0.2, 0.25) is 0 Å². The van der Waals surface area contributed by atoms with E-state index in [-0.39, 0.29) is 24.9 Å². The lowest BCUT2D eigenvalue weighted by Crippen LogP contribution is -2.30. The molecule has 0 aromatic carbocycles. The van der Waals surface area contributed by atoms with Gasteiger partial charge >= 0.3 is 0 Å². The molecule has 1 amide bonds. The van der Waals surface area contributed by atoms with Gasteiger partial charge in [-0.3, -0.25) is 4.79 Å². The predicted molar refractivity (Wildman–Crippen MR) is 76.5 cm³/mol. The van der Waals surface area contributed by atoms with Crippen LogP contribution in [0.15, 0.2) is 27.2 Å². The van der Waals surface area contributed by atoms with Gasteiger partial charge in [0.15, 0.2) is 5.76 Å². The summed E-state index contributed by atoms with van der Waals surface area (Å²) < 4.78 is 10.7. The van der Waals surface area contributed by atoms with Gasteiger partial charge in [-0.1, -0.05) is 6.92 Å². The second-order valence-electron chi connectivity index (χ2n) is 5.10. The number of hydrogen-bond donors (Lipinski definition) is 2. The van der Waals surface area contributed by atoms with E-state index in [1.807, 2.05) is 6.92 Å². The van der Waals surface area contributed by atoms with E-state index in [1.165, 1.54) is 0 Å². The molecule has 6 heteroatoms. The van der Waals surface area contributed by atoms with E-state index < -0.39 is 0 Å². The van der Waals surface area contributed by atoms with Gasteiger partial charge in [0.25, 0.3) is 5.89 Å². The summed E-state index contributed by atoms with van der Waals surface area (Å²) in [5, 5.41) is 11.7. The van der Waals surface area contributed by atoms with E-state index in [9.17, 15) is 4.79 Å². The molecule has 0 spiro atoms. The average Bonchev–Trinajstić information content (AvgIpc) is 3.07. The Bertz CT molecular complexity index is 575. The summed E-state index contributed by atoms with van der Waals surface area (Å²) in [6.07, 6.45) is 2.39. The first-order valence-electron chi connectivity index (χ1n) is 6.98. The summed E-state index contributed by atoms with van der Waals surface area (Å²) in [5.41, 5.74) is 0.605. The fourth-order valence-corrected chi connectivity index (χ4v) is 1.92. The van der Waals surface area contributed by atoms with Crippen molar-refractivity contribution in [3.63, 3.8) is 0 Å². The van der Waals surface area contributed by atoms with Gasteiger partial charge in [0.1, 0.15) is 5.76 Å². The number of rotatable bonds is 7. The first-order chi connectivity index (χ1) is 10.1. The first kappa shape index (κ1) is 15.3. The standard InChI is InChI=1S/C15H20N2O4/c1-10(5-6-18)9-16-14(19)8-12-11(2)21-15(17-12)13-4-3-7-20-13/h3-4,7,10,18H,5-6,8-9H2,1-2H3,(H,16,19). The molecule has 0 saturated carbocycles. The number of oxazole rings is 1. The normalized spacial score (nSPS) is 12.3. The van der Waals surface area contributed by atoms with Crippen molar-refractivity contribution in [2.45, 2.75) is 26.7 Å². The molecular weight excluding hydrogens is 272 g/mol. The maximum atomic E-state index is 11.9. The third-order valence-corrected chi connectivity index (χ3v) is 3.22. The number of carbonyl (C=O) groups excluding carboxylic acids is 1. The maximum Gasteiger partial charge on any atom is 0.263 e. The largest absolute Gasteiger partial charge is 0.459 e. The number of amides is 1. The molecule has 21 heavy (non-hydrogen) atoms. The van der Waals surface area contributed by atoms with E-state index >= 15 is 0 Å². The Balaban J connectivity index is 1.92. The van der Waals surface area contributed by atoms with Crippen molar-refractivity contribution < 1.29 is 18.7 Å². The molecule has 2 aromatic rings. The van der Waals surface area contributed by atoms with Crippen molar-refractivity contribution in [1.29, 1.82) is 0 Å². The molecule has 0 aliphatic carbocycles. The van der Waals surface area contributed by atoms with Gasteiger partial charge in [-0.15, -0.1) is 0 Å². The molecule has 0 radical (unpaired) electrons. The minimum absolute atomic E-state index is 0.109. The number of furan rings is 1. The van der Waals surface area contributed by atoms with E-state index in [1.54, 1.807) is 25.3 Å². The highest BCUT2D eigenvalue weighted by molar-refractivity contribution is 5.78. The molecule has 0 aliphatic rings. The van der Waals surface area contributed by atoms with Crippen LogP contribution >= 0.6 is 0 Å². The molecule has 114 valence electrons. The second kappa shape index (κ2) is 7.08. The van der Waals surface area contributed by atoms with Gasteiger partial charge in [-0.05, 0) is 31.4 Å². The van der Waals surface area contributed by atoms with Crippen LogP contribution in [0.3, 0.4) is 0 Å². The SMILES string of the molecule is Cc1oc(-c2ccco2)nc1CC(=O)NCC(C)CCO. The Morgan fingerprint density at radius 1 is 1.52 bits per heavy atom. The zero-order valence-corrected chi connectivity index (χ0v) is 12.3. The maximum absolute atomic E-state index is 11.9. The quantitative estimate of drug-likeness (QED) is 0.814. The Labute approximate surface area is 123 Å². The van der Waals surface area contributed by atoms with Crippen LogP contribution in [0.25, 0.3) is 11.7 Å². The molecule has 2 rings (SSSR count). The van der Waals surface area contributed by atoms with Crippen LogP contribution in [0.4, 0.5) is 0 Å². The van der Waals surface area contributed by atoms with Crippen molar-refractivity contribution >= 4 is 5.91 Å². The molecule has 2 heterocycles. The smallest absolute Gasteiger partial charge is 0.263 e. The van der Waals surface area contributed by atoms with Crippen molar-refractivity contribution in [3.8, 4) is 11.7 Å². The zero-order chi connectivity index (χ0) is 15.2. The number of aliphatic hydroxyl groups is 1. The van der Waals surface area contributed by atoms with Crippen LogP contribution in [0.5, 0.6) is 0 Å². The van der Waals surface area contributed by atoms with Gasteiger partial charge in [-0.2, -0.15) is 0 Å². The number of nitrogens with one attached hydrogen (secondary N) is 1. The van der Waals surface area contributed by atoms with Gasteiger partial charge in [0.2, 0.25) is 5.91 Å². The summed E-state index contributed by atoms with van der Waals surface area (Å²) in [6.45, 7) is 4.43. The van der Waals surface area contributed by atoms with Crippen LogP contribution < -0.4 is 5.32 Å². The molecule has 6 nitrogen and oxygen atoms in total. The minimum Gasteiger partial charge on any atom is -0.459 e. The van der Waals surface area contributed by atoms with Crippen molar-refractivity contribution in [2.24, 2.45) is 5.92 Å². The third-order valence-electron chi connectivity index (χ3n) is 3.22. The van der Waals surface area contributed by atoms with Crippen molar-refractivity contribution in [3.05, 3.63) is 29.9 Å². The van der Waals surface area contributed by atoms with E-state index in [0.717, 1.165) is 0 Å². The molecule has 2 aromatic heterocycles. The fraction of sp³-hybridized carbons (Fsp3) is 0.467. The molecular formula is C15H20N2O4. The van der Waals surface area contributed by atoms with E-state index in [0.29, 0.717) is 36.1 Å². The number of aliphatic hydroxyl groups excluding tert-OH is 1. The third kappa shape index (κ3) is 4.19. The van der Waals surface area contributed by atoms with Crippen LogP contribution in [0, 0.1) is 12.8 Å². The molecule has 0 fully saturated rings. The lowest BCUT2D eigenvalue weighted by Gasteiger charge is -2.10. The molecule has 1 atom stereocenters. The van der Waals surface area contributed by atoms with E-state index in [2.05, 4.69) is 10.3 Å². The number of carbonyl (C=O) groups is 1. The Morgan fingerprint density at radius 3 is 3.00 bits per heavy atom. The fourth-order valence-electron chi connectivity index (χ4n) is 1.92. The molecule has 1 unspecified atom stereocenters. The highest BCUT2D eigenvalue weighted by atomic mass is 16.4. The Morgan fingerprint density at radius 2 is 2.33 bits per heavy atom. The number of aromatic nitrogens is 1. The van der Waals surface area contributed by atoms with Crippen molar-refractivity contribution in [2.75, 3.05) is 13.2 Å². The van der Waals surface area contributed by atoms with Crippen LogP contribution in [-0.2, 0) is 11.2 Å². The Hall–Kier alpha value is -2.08. The molecule has 0 saturated heterocycles. The molecule has 0 bridgehead atoms. The lowest BCUT2D eigenvalue weighted by atomic mass is 10.1. The van der Waals surface area contributed by atoms with Gasteiger partial charge in [0, 0.05) is 13.2 Å². The summed E-state index contributed by atoms with van der Waals surface area (Å²) in [4.78, 5) is 16.2. The summed E-state index contributed by atoms with van der Waals surface area (Å²) in [6, 6.07) is 3.51. The number of nitrogens with zero attached hydrogens (tertiary/aromatic N) is 1. The number of hydrogen-bond acceptors (Lipinski definition) is 5. The van der Waals surface area contributed by atoms with Crippen molar-refractivity contribution in [1.82, 2.24) is 10.3 Å². The summed E-state index contributed by atoms with van der Waals surface area (Å²) >= 11 is 0. The zero-order valence-electron chi connectivity index (χ0n) is 12.3. The Kier molecular flexibility index (Phi) is 5.16. The van der Waals surface area contributed by atoms with Crippen LogP contribution in [-0.4, -0.2) is 29.1 Å². The molecule has 2 N–H and O–H groups in total. The summed E-state index contributed by atoms with van der Waals surface area (Å²) in [7, 11) is 0. The summed E-state index contributed by atoms with van der Waals surface area (Å²) in [5.74, 6) is 1.67. The highest BCUT2D eigenvalue weighted by Crippen LogP contribution is 2.22. The topological polar surface area (TPSA) is 88.5 Å².